The quantitative estimate of drug-likeness (QED) is 0.231. The smallest absolute Gasteiger partial charge is 0.410 e. The maximum absolute atomic E-state index is 13.7. The van der Waals surface area contributed by atoms with Gasteiger partial charge in [-0.3, -0.25) is 4.79 Å². The number of nitrogens with one attached hydrogen (secondary N) is 1. The minimum atomic E-state index is -0.511. The number of hydrogen-bond acceptors (Lipinski definition) is 8. The van der Waals surface area contributed by atoms with Crippen molar-refractivity contribution in [3.63, 3.8) is 0 Å². The van der Waals surface area contributed by atoms with Crippen LogP contribution in [0, 0.1) is 6.92 Å². The minimum Gasteiger partial charge on any atom is -0.444 e. The lowest BCUT2D eigenvalue weighted by molar-refractivity contribution is 0.0205. The number of hydrogen-bond donors (Lipinski definition) is 1. The third kappa shape index (κ3) is 11.0. The van der Waals surface area contributed by atoms with E-state index in [2.05, 4.69) is 45.7 Å². The number of halogens is 1. The van der Waals surface area contributed by atoms with E-state index in [0.29, 0.717) is 18.7 Å². The van der Waals surface area contributed by atoms with Crippen LogP contribution in [-0.4, -0.2) is 79.4 Å². The fraction of sp³-hybridized carbons (Fsp3) is 0.474. The Morgan fingerprint density at radius 2 is 1.57 bits per heavy atom. The molecular formula is C38H52ClN5O3S2. The summed E-state index contributed by atoms with van der Waals surface area (Å²) in [4.78, 5) is 31.6. The van der Waals surface area contributed by atoms with Crippen molar-refractivity contribution in [1.29, 1.82) is 0 Å². The normalized spacial score (nSPS) is 15.7. The molecular weight excluding hydrogens is 674 g/mol. The Kier molecular flexibility index (Phi) is 14.0. The molecule has 49 heavy (non-hydrogen) atoms. The summed E-state index contributed by atoms with van der Waals surface area (Å²) in [6.07, 6.45) is 3.39. The van der Waals surface area contributed by atoms with Crippen molar-refractivity contribution in [3.05, 3.63) is 82.4 Å². The van der Waals surface area contributed by atoms with Crippen LogP contribution in [0.2, 0.25) is 5.02 Å². The maximum atomic E-state index is 13.7. The van der Waals surface area contributed by atoms with E-state index >= 15 is 0 Å². The van der Waals surface area contributed by atoms with E-state index in [9.17, 15) is 9.59 Å². The maximum Gasteiger partial charge on any atom is 0.410 e. The average molecular weight is 726 g/mol. The zero-order valence-electron chi connectivity index (χ0n) is 30.2. The highest BCUT2D eigenvalue weighted by Crippen LogP contribution is 2.34. The number of likely N-dealkylation sites (tertiary alicyclic amines) is 1. The van der Waals surface area contributed by atoms with E-state index in [1.165, 1.54) is 11.3 Å². The molecule has 1 N–H and O–H groups in total. The van der Waals surface area contributed by atoms with Crippen molar-refractivity contribution in [2.45, 2.75) is 70.8 Å². The van der Waals surface area contributed by atoms with Crippen LogP contribution in [0.5, 0.6) is 0 Å². The highest BCUT2D eigenvalue weighted by Gasteiger charge is 2.28. The summed E-state index contributed by atoms with van der Waals surface area (Å²) in [5.41, 5.74) is 5.23. The standard InChI is InChI=1S/C36H46ClN5O3S2.C2H6/c1-25-21-28(37)24-30(22-25)40-17-19-42(20-18-40)47-31-10-8-29(9-11-31)38-34(43)32-23-27(7-12-33(32)39(5)46-6)26-13-15-41(16-14-26)35(44)45-36(2,3)4;1-2/h7-12,21-24,26H,13-20H2,1-6H3,(H,38,43);1-2H3. The predicted molar refractivity (Wildman–Crippen MR) is 210 cm³/mol. The summed E-state index contributed by atoms with van der Waals surface area (Å²) in [5, 5.41) is 3.91. The molecule has 2 heterocycles. The molecule has 0 unspecified atom stereocenters. The Bertz CT molecular complexity index is 1530. The van der Waals surface area contributed by atoms with Crippen molar-refractivity contribution < 1.29 is 14.3 Å². The number of ether oxygens (including phenoxy) is 1. The fourth-order valence-corrected chi connectivity index (χ4v) is 7.51. The van der Waals surface area contributed by atoms with E-state index in [-0.39, 0.29) is 17.9 Å². The lowest BCUT2D eigenvalue weighted by Crippen LogP contribution is -2.43. The zero-order valence-corrected chi connectivity index (χ0v) is 32.6. The first kappa shape index (κ1) is 38.7. The molecule has 0 aliphatic carbocycles. The molecule has 3 aromatic carbocycles. The second kappa shape index (κ2) is 17.7. The van der Waals surface area contributed by atoms with Crippen LogP contribution in [-0.2, 0) is 4.74 Å². The number of aryl methyl sites for hydroxylation is 1. The molecule has 0 saturated carbocycles. The number of carbonyl (C=O) groups is 2. The molecule has 5 rings (SSSR count). The highest BCUT2D eigenvalue weighted by molar-refractivity contribution is 7.99. The number of piperazine rings is 1. The first-order valence-electron chi connectivity index (χ1n) is 17.1. The van der Waals surface area contributed by atoms with Gasteiger partial charge in [0.2, 0.25) is 0 Å². The summed E-state index contributed by atoms with van der Waals surface area (Å²) in [7, 11) is 1.97. The van der Waals surface area contributed by atoms with Gasteiger partial charge in [-0.2, -0.15) is 0 Å². The Balaban J connectivity index is 0.00000265. The van der Waals surface area contributed by atoms with Gasteiger partial charge in [-0.15, -0.1) is 0 Å². The fourth-order valence-electron chi connectivity index (χ4n) is 5.97. The Morgan fingerprint density at radius 1 is 0.918 bits per heavy atom. The molecule has 2 saturated heterocycles. The first-order chi connectivity index (χ1) is 23.4. The molecule has 0 radical (unpaired) electrons. The van der Waals surface area contributed by atoms with Crippen LogP contribution >= 0.6 is 35.5 Å². The molecule has 0 spiro atoms. The second-order valence-corrected chi connectivity index (χ2v) is 15.7. The molecule has 0 bridgehead atoms. The van der Waals surface area contributed by atoms with Gasteiger partial charge in [0.05, 0.1) is 11.3 Å². The van der Waals surface area contributed by atoms with Crippen molar-refractivity contribution in [2.75, 3.05) is 67.1 Å². The number of amides is 2. The SMILES string of the molecule is CC.CSN(C)c1ccc(C2CCN(C(=O)OC(C)(C)C)CC2)cc1C(=O)Nc1ccc(SN2CCN(c3cc(C)cc(Cl)c3)CC2)cc1. The summed E-state index contributed by atoms with van der Waals surface area (Å²) in [5.74, 6) is 0.128. The van der Waals surface area contributed by atoms with E-state index in [0.717, 1.165) is 65.9 Å². The van der Waals surface area contributed by atoms with Gasteiger partial charge in [0.1, 0.15) is 5.60 Å². The third-order valence-electron chi connectivity index (χ3n) is 8.47. The van der Waals surface area contributed by atoms with Gasteiger partial charge in [-0.25, -0.2) is 9.10 Å². The first-order valence-corrected chi connectivity index (χ1v) is 19.5. The summed E-state index contributed by atoms with van der Waals surface area (Å²) >= 11 is 9.61. The molecule has 0 atom stereocenters. The van der Waals surface area contributed by atoms with Gasteiger partial charge in [-0.1, -0.05) is 43.5 Å². The van der Waals surface area contributed by atoms with E-state index in [1.807, 2.05) is 88.6 Å². The largest absolute Gasteiger partial charge is 0.444 e. The van der Waals surface area contributed by atoms with E-state index in [1.54, 1.807) is 28.8 Å². The van der Waals surface area contributed by atoms with Crippen molar-refractivity contribution in [2.24, 2.45) is 0 Å². The number of carbonyl (C=O) groups excluding carboxylic acids is 2. The molecule has 2 amide bonds. The highest BCUT2D eigenvalue weighted by atomic mass is 35.5. The minimum absolute atomic E-state index is 0.137. The Morgan fingerprint density at radius 3 is 2.16 bits per heavy atom. The van der Waals surface area contributed by atoms with Crippen LogP contribution in [0.3, 0.4) is 0 Å². The number of nitrogens with zero attached hydrogens (tertiary/aromatic N) is 4. The molecule has 266 valence electrons. The van der Waals surface area contributed by atoms with Gasteiger partial charge >= 0.3 is 6.09 Å². The van der Waals surface area contributed by atoms with Gasteiger partial charge in [0, 0.05) is 73.9 Å². The van der Waals surface area contributed by atoms with Gasteiger partial charge in [0.15, 0.2) is 0 Å². The van der Waals surface area contributed by atoms with Crippen LogP contribution in [0.1, 0.15) is 74.9 Å². The number of piperidine rings is 1. The Hall–Kier alpha value is -3.05. The molecule has 0 aromatic heterocycles. The van der Waals surface area contributed by atoms with Crippen LogP contribution in [0.4, 0.5) is 21.9 Å². The van der Waals surface area contributed by atoms with Gasteiger partial charge < -0.3 is 24.2 Å². The topological polar surface area (TPSA) is 68.4 Å². The third-order valence-corrected chi connectivity index (χ3v) is 10.5. The van der Waals surface area contributed by atoms with E-state index < -0.39 is 5.60 Å². The van der Waals surface area contributed by atoms with Crippen molar-refractivity contribution in [1.82, 2.24) is 9.21 Å². The van der Waals surface area contributed by atoms with Crippen LogP contribution < -0.4 is 14.5 Å². The number of benzene rings is 3. The summed E-state index contributed by atoms with van der Waals surface area (Å²) in [6.45, 7) is 16.8. The summed E-state index contributed by atoms with van der Waals surface area (Å²) < 4.78 is 9.96. The second-order valence-electron chi connectivity index (χ2n) is 13.2. The lowest BCUT2D eigenvalue weighted by Gasteiger charge is -2.35. The van der Waals surface area contributed by atoms with Crippen LogP contribution in [0.25, 0.3) is 0 Å². The van der Waals surface area contributed by atoms with Gasteiger partial charge in [-0.05, 0) is 124 Å². The van der Waals surface area contributed by atoms with Crippen LogP contribution in [0.15, 0.2) is 65.6 Å². The molecule has 8 nitrogen and oxygen atoms in total. The average Bonchev–Trinajstić information content (AvgIpc) is 3.08. The number of rotatable bonds is 8. The van der Waals surface area contributed by atoms with Crippen molar-refractivity contribution in [3.8, 4) is 0 Å². The molecule has 2 fully saturated rings. The zero-order chi connectivity index (χ0) is 35.7. The summed E-state index contributed by atoms with van der Waals surface area (Å²) in [6, 6.07) is 20.5. The van der Waals surface area contributed by atoms with Crippen molar-refractivity contribution >= 4 is 64.6 Å². The van der Waals surface area contributed by atoms with Gasteiger partial charge in [0.25, 0.3) is 5.91 Å². The monoisotopic (exact) mass is 725 g/mol. The molecule has 3 aromatic rings. The predicted octanol–water partition coefficient (Wildman–Crippen LogP) is 9.58. The molecule has 2 aliphatic heterocycles. The molecule has 2 aliphatic rings. The lowest BCUT2D eigenvalue weighted by atomic mass is 9.88. The Labute approximate surface area is 307 Å². The molecule has 11 heteroatoms. The van der Waals surface area contributed by atoms with E-state index in [4.69, 9.17) is 16.3 Å². The number of anilines is 3.